The lowest BCUT2D eigenvalue weighted by molar-refractivity contribution is -0.157. The van der Waals surface area contributed by atoms with Gasteiger partial charge in [0.15, 0.2) is 0 Å². The number of aliphatic hydroxyl groups is 1. The molecular weight excluding hydrogens is 272 g/mol. The summed E-state index contributed by atoms with van der Waals surface area (Å²) in [5.74, 6) is 2.73. The molecule has 4 aliphatic carbocycles. The minimum Gasteiger partial charge on any atom is -0.396 e. The van der Waals surface area contributed by atoms with Crippen molar-refractivity contribution in [3.05, 3.63) is 0 Å². The van der Waals surface area contributed by atoms with E-state index in [1.165, 1.54) is 57.7 Å². The van der Waals surface area contributed by atoms with E-state index in [-0.39, 0.29) is 5.41 Å². The Kier molecular flexibility index (Phi) is 3.32. The molecule has 124 valence electrons. The zero-order chi connectivity index (χ0) is 15.6. The first kappa shape index (κ1) is 15.2. The summed E-state index contributed by atoms with van der Waals surface area (Å²) < 4.78 is 0. The Hall–Kier alpha value is -0.370. The van der Waals surface area contributed by atoms with Gasteiger partial charge in [0.2, 0.25) is 0 Å². The summed E-state index contributed by atoms with van der Waals surface area (Å²) >= 11 is 0. The molecule has 0 aromatic rings. The number of fused-ring (bicyclic) bond motifs is 3. The van der Waals surface area contributed by atoms with E-state index < -0.39 is 0 Å². The maximum atomic E-state index is 11.9. The maximum Gasteiger partial charge on any atom is 0.126 e. The van der Waals surface area contributed by atoms with Crippen molar-refractivity contribution >= 4 is 6.29 Å². The Bertz CT molecular complexity index is 474. The fourth-order valence-electron chi connectivity index (χ4n) is 7.99. The second kappa shape index (κ2) is 4.82. The van der Waals surface area contributed by atoms with Crippen molar-refractivity contribution in [3.63, 3.8) is 0 Å². The second-order valence-corrected chi connectivity index (χ2v) is 9.68. The Labute approximate surface area is 135 Å². The molecule has 0 heterocycles. The molecule has 4 saturated carbocycles. The molecule has 0 aliphatic heterocycles. The van der Waals surface area contributed by atoms with Crippen molar-refractivity contribution in [1.29, 1.82) is 0 Å². The molecule has 1 spiro atoms. The Balaban J connectivity index is 1.70. The van der Waals surface area contributed by atoms with Gasteiger partial charge in [0.25, 0.3) is 0 Å². The quantitative estimate of drug-likeness (QED) is 0.776. The van der Waals surface area contributed by atoms with Gasteiger partial charge in [0.1, 0.15) is 6.29 Å². The van der Waals surface area contributed by atoms with E-state index in [1.807, 2.05) is 0 Å². The van der Waals surface area contributed by atoms with Crippen molar-refractivity contribution in [2.24, 2.45) is 39.9 Å². The Morgan fingerprint density at radius 3 is 2.59 bits per heavy atom. The SMILES string of the molecule is C[C@@]12CCC[C@@](C)(C=O)C1CCC13C[C@@H](CO)[C@@H](CCC12)C3. The van der Waals surface area contributed by atoms with Crippen LogP contribution in [0.5, 0.6) is 0 Å². The minimum absolute atomic E-state index is 0.0829. The Morgan fingerprint density at radius 2 is 1.86 bits per heavy atom. The molecule has 4 rings (SSSR count). The molecule has 4 aliphatic rings. The van der Waals surface area contributed by atoms with Gasteiger partial charge in [0, 0.05) is 12.0 Å². The van der Waals surface area contributed by atoms with E-state index in [0.717, 1.165) is 18.3 Å². The molecule has 2 nitrogen and oxygen atoms in total. The summed E-state index contributed by atoms with van der Waals surface area (Å²) in [7, 11) is 0. The standard InChI is InChI=1S/C20H32O2/c1-18(13-22)7-3-8-19(2)16(18)6-9-20-10-14(4-5-17(19)20)15(11-20)12-21/h13-17,21H,3-12H2,1-2H3/t14-,15-,16?,17?,18-,19+,20?/m0/s1. The minimum atomic E-state index is -0.0829. The fourth-order valence-corrected chi connectivity index (χ4v) is 7.99. The number of rotatable bonds is 2. The highest BCUT2D eigenvalue weighted by Crippen LogP contribution is 2.72. The summed E-state index contributed by atoms with van der Waals surface area (Å²) in [6.45, 7) is 5.15. The number of aliphatic hydroxyl groups excluding tert-OH is 1. The van der Waals surface area contributed by atoms with E-state index in [4.69, 9.17) is 0 Å². The van der Waals surface area contributed by atoms with Crippen LogP contribution >= 0.6 is 0 Å². The molecule has 0 aromatic carbocycles. The number of aldehydes is 1. The third-order valence-corrected chi connectivity index (χ3v) is 8.82. The van der Waals surface area contributed by atoms with E-state index in [0.29, 0.717) is 29.3 Å². The van der Waals surface area contributed by atoms with Crippen molar-refractivity contribution in [2.75, 3.05) is 6.61 Å². The first-order valence-electron chi connectivity index (χ1n) is 9.55. The van der Waals surface area contributed by atoms with Crippen LogP contribution in [0.25, 0.3) is 0 Å². The molecule has 3 unspecified atom stereocenters. The normalized spacial score (nSPS) is 57.0. The first-order chi connectivity index (χ1) is 10.5. The predicted molar refractivity (Wildman–Crippen MR) is 87.3 cm³/mol. The van der Waals surface area contributed by atoms with Crippen LogP contribution in [0.3, 0.4) is 0 Å². The topological polar surface area (TPSA) is 37.3 Å². The number of carbonyl (C=O) groups excluding carboxylic acids is 1. The van der Waals surface area contributed by atoms with Crippen LogP contribution in [0, 0.1) is 39.9 Å². The van der Waals surface area contributed by atoms with Crippen molar-refractivity contribution in [3.8, 4) is 0 Å². The highest BCUT2D eigenvalue weighted by atomic mass is 16.3. The van der Waals surface area contributed by atoms with Gasteiger partial charge < -0.3 is 9.90 Å². The number of hydrogen-bond acceptors (Lipinski definition) is 2. The average Bonchev–Trinajstić information content (AvgIpc) is 2.77. The van der Waals surface area contributed by atoms with Gasteiger partial charge in [-0.2, -0.15) is 0 Å². The lowest BCUT2D eigenvalue weighted by Gasteiger charge is -2.63. The molecule has 0 radical (unpaired) electrons. The molecule has 2 bridgehead atoms. The van der Waals surface area contributed by atoms with E-state index >= 15 is 0 Å². The van der Waals surface area contributed by atoms with Crippen molar-refractivity contribution in [2.45, 2.75) is 71.6 Å². The average molecular weight is 304 g/mol. The first-order valence-corrected chi connectivity index (χ1v) is 9.55. The highest BCUT2D eigenvalue weighted by Gasteiger charge is 2.64. The smallest absolute Gasteiger partial charge is 0.126 e. The molecule has 7 atom stereocenters. The summed E-state index contributed by atoms with van der Waals surface area (Å²) in [6.07, 6.45) is 12.8. The van der Waals surface area contributed by atoms with Crippen LogP contribution in [-0.2, 0) is 4.79 Å². The van der Waals surface area contributed by atoms with Crippen LogP contribution in [0.4, 0.5) is 0 Å². The summed E-state index contributed by atoms with van der Waals surface area (Å²) in [5, 5.41) is 9.77. The lowest BCUT2D eigenvalue weighted by Crippen LogP contribution is -2.56. The zero-order valence-corrected chi connectivity index (χ0v) is 14.3. The van der Waals surface area contributed by atoms with Gasteiger partial charge in [-0.1, -0.05) is 20.3 Å². The largest absolute Gasteiger partial charge is 0.396 e. The molecule has 0 saturated heterocycles. The molecule has 0 aromatic heterocycles. The van der Waals surface area contributed by atoms with Crippen LogP contribution in [-0.4, -0.2) is 18.0 Å². The van der Waals surface area contributed by atoms with E-state index in [9.17, 15) is 9.90 Å². The number of hydrogen-bond donors (Lipinski definition) is 1. The summed E-state index contributed by atoms with van der Waals surface area (Å²) in [6, 6.07) is 0. The third-order valence-electron chi connectivity index (χ3n) is 8.82. The van der Waals surface area contributed by atoms with Gasteiger partial charge in [-0.25, -0.2) is 0 Å². The molecule has 2 heteroatoms. The van der Waals surface area contributed by atoms with Gasteiger partial charge >= 0.3 is 0 Å². The third kappa shape index (κ3) is 1.79. The van der Waals surface area contributed by atoms with E-state index in [1.54, 1.807) is 0 Å². The fraction of sp³-hybridized carbons (Fsp3) is 0.950. The van der Waals surface area contributed by atoms with Crippen LogP contribution < -0.4 is 0 Å². The Morgan fingerprint density at radius 1 is 1.05 bits per heavy atom. The van der Waals surface area contributed by atoms with Crippen molar-refractivity contribution < 1.29 is 9.90 Å². The molecule has 4 fully saturated rings. The summed E-state index contributed by atoms with van der Waals surface area (Å²) in [5.41, 5.74) is 0.782. The van der Waals surface area contributed by atoms with E-state index in [2.05, 4.69) is 13.8 Å². The van der Waals surface area contributed by atoms with Crippen molar-refractivity contribution in [1.82, 2.24) is 0 Å². The molecule has 22 heavy (non-hydrogen) atoms. The van der Waals surface area contributed by atoms with Crippen LogP contribution in [0.2, 0.25) is 0 Å². The van der Waals surface area contributed by atoms with Gasteiger partial charge in [-0.15, -0.1) is 0 Å². The second-order valence-electron chi connectivity index (χ2n) is 9.68. The molecule has 1 N–H and O–H groups in total. The number of carbonyl (C=O) groups is 1. The maximum absolute atomic E-state index is 11.9. The zero-order valence-electron chi connectivity index (χ0n) is 14.3. The van der Waals surface area contributed by atoms with Gasteiger partial charge in [-0.3, -0.25) is 0 Å². The monoisotopic (exact) mass is 304 g/mol. The predicted octanol–water partition coefficient (Wildman–Crippen LogP) is 4.21. The molecule has 0 amide bonds. The van der Waals surface area contributed by atoms with Crippen LogP contribution in [0.1, 0.15) is 71.6 Å². The van der Waals surface area contributed by atoms with Crippen LogP contribution in [0.15, 0.2) is 0 Å². The summed E-state index contributed by atoms with van der Waals surface area (Å²) in [4.78, 5) is 11.9. The van der Waals surface area contributed by atoms with Gasteiger partial charge in [-0.05, 0) is 85.9 Å². The lowest BCUT2D eigenvalue weighted by atomic mass is 9.41. The highest BCUT2D eigenvalue weighted by molar-refractivity contribution is 5.60. The molecular formula is C20H32O2. The van der Waals surface area contributed by atoms with Gasteiger partial charge in [0.05, 0.1) is 0 Å².